The largest absolute Gasteiger partial charge is 0.381 e. The Hall–Kier alpha value is -0.380. The van der Waals surface area contributed by atoms with E-state index in [1.165, 1.54) is 17.7 Å². The van der Waals surface area contributed by atoms with Crippen LogP contribution < -0.4 is 5.32 Å². The Morgan fingerprint density at radius 3 is 3.14 bits per heavy atom. The summed E-state index contributed by atoms with van der Waals surface area (Å²) in [6.07, 6.45) is 2.48. The second-order valence-electron chi connectivity index (χ2n) is 3.76. The van der Waals surface area contributed by atoms with Gasteiger partial charge in [-0.2, -0.15) is 0 Å². The lowest BCUT2D eigenvalue weighted by Crippen LogP contribution is -2.30. The molecule has 1 fully saturated rings. The van der Waals surface area contributed by atoms with Gasteiger partial charge in [0.05, 0.1) is 6.61 Å². The van der Waals surface area contributed by atoms with Gasteiger partial charge in [-0.25, -0.2) is 0 Å². The summed E-state index contributed by atoms with van der Waals surface area (Å²) in [4.78, 5) is 1.43. The first-order valence-electron chi connectivity index (χ1n) is 5.20. The summed E-state index contributed by atoms with van der Waals surface area (Å²) in [7, 11) is 2.04. The van der Waals surface area contributed by atoms with Gasteiger partial charge >= 0.3 is 0 Å². The third-order valence-electron chi connectivity index (χ3n) is 2.83. The van der Waals surface area contributed by atoms with Gasteiger partial charge in [-0.15, -0.1) is 11.3 Å². The Morgan fingerprint density at radius 1 is 1.64 bits per heavy atom. The molecule has 0 bridgehead atoms. The topological polar surface area (TPSA) is 21.3 Å². The molecule has 0 amide bonds. The highest BCUT2D eigenvalue weighted by molar-refractivity contribution is 7.10. The van der Waals surface area contributed by atoms with E-state index >= 15 is 0 Å². The summed E-state index contributed by atoms with van der Waals surface area (Å²) in [5.74, 6) is 0.646. The van der Waals surface area contributed by atoms with E-state index in [4.69, 9.17) is 4.74 Å². The zero-order valence-electron chi connectivity index (χ0n) is 8.53. The maximum atomic E-state index is 5.53. The molecule has 1 N–H and O–H groups in total. The van der Waals surface area contributed by atoms with Crippen LogP contribution in [0.25, 0.3) is 0 Å². The van der Waals surface area contributed by atoms with Crippen LogP contribution in [-0.2, 0) is 4.74 Å². The van der Waals surface area contributed by atoms with Crippen LogP contribution in [0, 0.1) is 5.92 Å². The van der Waals surface area contributed by atoms with Crippen molar-refractivity contribution in [1.29, 1.82) is 0 Å². The number of nitrogens with one attached hydrogen (secondary N) is 1. The van der Waals surface area contributed by atoms with E-state index in [-0.39, 0.29) is 0 Å². The quantitative estimate of drug-likeness (QED) is 0.829. The molecule has 2 atom stereocenters. The fourth-order valence-electron chi connectivity index (χ4n) is 2.11. The van der Waals surface area contributed by atoms with Gasteiger partial charge in [0.25, 0.3) is 0 Å². The number of hydrogen-bond acceptors (Lipinski definition) is 3. The summed E-state index contributed by atoms with van der Waals surface area (Å²) in [6.45, 7) is 1.85. The lowest BCUT2D eigenvalue weighted by atomic mass is 9.93. The van der Waals surface area contributed by atoms with Gasteiger partial charge < -0.3 is 10.1 Å². The van der Waals surface area contributed by atoms with Crippen LogP contribution in [0.5, 0.6) is 0 Å². The molecular formula is C11H17NOS. The zero-order chi connectivity index (χ0) is 9.80. The van der Waals surface area contributed by atoms with E-state index in [1.807, 2.05) is 18.4 Å². The van der Waals surface area contributed by atoms with Crippen LogP contribution >= 0.6 is 11.3 Å². The van der Waals surface area contributed by atoms with Crippen LogP contribution in [-0.4, -0.2) is 20.3 Å². The third kappa shape index (κ3) is 2.16. The Bertz CT molecular complexity index is 254. The molecule has 3 heteroatoms. The molecule has 0 aliphatic carbocycles. The predicted molar refractivity (Wildman–Crippen MR) is 59.7 cm³/mol. The minimum atomic E-state index is 0.482. The highest BCUT2D eigenvalue weighted by Crippen LogP contribution is 2.30. The molecule has 2 nitrogen and oxygen atoms in total. The SMILES string of the molecule is CNC(c1cccs1)C1CCCOC1. The maximum absolute atomic E-state index is 5.53. The summed E-state index contributed by atoms with van der Waals surface area (Å²) < 4.78 is 5.53. The van der Waals surface area contributed by atoms with E-state index in [2.05, 4.69) is 22.8 Å². The van der Waals surface area contributed by atoms with Gasteiger partial charge in [-0.3, -0.25) is 0 Å². The summed E-state index contributed by atoms with van der Waals surface area (Å²) in [5.41, 5.74) is 0. The first kappa shape index (κ1) is 10.1. The minimum absolute atomic E-state index is 0.482. The molecule has 2 rings (SSSR count). The molecule has 0 aromatic carbocycles. The Labute approximate surface area is 89.3 Å². The number of rotatable bonds is 3. The zero-order valence-corrected chi connectivity index (χ0v) is 9.35. The van der Waals surface area contributed by atoms with Crippen molar-refractivity contribution in [2.24, 2.45) is 5.92 Å². The van der Waals surface area contributed by atoms with Crippen molar-refractivity contribution >= 4 is 11.3 Å². The Morgan fingerprint density at radius 2 is 2.57 bits per heavy atom. The van der Waals surface area contributed by atoms with E-state index in [0.717, 1.165) is 13.2 Å². The lowest BCUT2D eigenvalue weighted by molar-refractivity contribution is 0.0407. The van der Waals surface area contributed by atoms with Gasteiger partial charge in [-0.05, 0) is 31.3 Å². The molecule has 1 saturated heterocycles. The second kappa shape index (κ2) is 4.91. The fourth-order valence-corrected chi connectivity index (χ4v) is 3.04. The lowest BCUT2D eigenvalue weighted by Gasteiger charge is -2.29. The van der Waals surface area contributed by atoms with E-state index in [1.54, 1.807) is 0 Å². The molecule has 1 aliphatic rings. The first-order valence-corrected chi connectivity index (χ1v) is 6.08. The van der Waals surface area contributed by atoms with E-state index < -0.39 is 0 Å². The molecule has 0 radical (unpaired) electrons. The van der Waals surface area contributed by atoms with Crippen molar-refractivity contribution in [3.63, 3.8) is 0 Å². The summed E-state index contributed by atoms with van der Waals surface area (Å²) in [6, 6.07) is 4.81. The summed E-state index contributed by atoms with van der Waals surface area (Å²) in [5, 5.41) is 5.55. The van der Waals surface area contributed by atoms with Crippen LogP contribution in [0.2, 0.25) is 0 Å². The van der Waals surface area contributed by atoms with Crippen molar-refractivity contribution < 1.29 is 4.74 Å². The average Bonchev–Trinajstić information content (AvgIpc) is 2.74. The number of thiophene rings is 1. The fraction of sp³-hybridized carbons (Fsp3) is 0.636. The summed E-state index contributed by atoms with van der Waals surface area (Å²) >= 11 is 1.83. The molecule has 0 spiro atoms. The Kier molecular flexibility index (Phi) is 3.56. The van der Waals surface area contributed by atoms with Crippen LogP contribution in [0.1, 0.15) is 23.8 Å². The molecule has 78 valence electrons. The average molecular weight is 211 g/mol. The monoisotopic (exact) mass is 211 g/mol. The van der Waals surface area contributed by atoms with Crippen LogP contribution in [0.15, 0.2) is 17.5 Å². The van der Waals surface area contributed by atoms with Gasteiger partial charge in [0.15, 0.2) is 0 Å². The molecule has 1 aromatic rings. The number of hydrogen-bond donors (Lipinski definition) is 1. The van der Waals surface area contributed by atoms with Crippen molar-refractivity contribution in [3.8, 4) is 0 Å². The second-order valence-corrected chi connectivity index (χ2v) is 4.74. The highest BCUT2D eigenvalue weighted by Gasteiger charge is 2.24. The van der Waals surface area contributed by atoms with Gasteiger partial charge in [0, 0.05) is 23.4 Å². The van der Waals surface area contributed by atoms with Crippen LogP contribution in [0.4, 0.5) is 0 Å². The third-order valence-corrected chi connectivity index (χ3v) is 3.78. The van der Waals surface area contributed by atoms with Crippen molar-refractivity contribution in [1.82, 2.24) is 5.32 Å². The maximum Gasteiger partial charge on any atom is 0.0512 e. The molecule has 0 saturated carbocycles. The van der Waals surface area contributed by atoms with Crippen molar-refractivity contribution in [2.45, 2.75) is 18.9 Å². The number of ether oxygens (including phenoxy) is 1. The molecule has 1 aliphatic heterocycles. The predicted octanol–water partition coefficient (Wildman–Crippen LogP) is 2.44. The smallest absolute Gasteiger partial charge is 0.0512 e. The molecular weight excluding hydrogens is 194 g/mol. The van der Waals surface area contributed by atoms with E-state index in [9.17, 15) is 0 Å². The molecule has 2 unspecified atom stereocenters. The van der Waals surface area contributed by atoms with Gasteiger partial charge in [-0.1, -0.05) is 6.07 Å². The van der Waals surface area contributed by atoms with Gasteiger partial charge in [0.2, 0.25) is 0 Å². The Balaban J connectivity index is 2.04. The van der Waals surface area contributed by atoms with Gasteiger partial charge in [0.1, 0.15) is 0 Å². The normalized spacial score (nSPS) is 24.8. The van der Waals surface area contributed by atoms with Crippen molar-refractivity contribution in [3.05, 3.63) is 22.4 Å². The standard InChI is InChI=1S/C11H17NOS/c1-12-11(10-5-3-7-14-10)9-4-2-6-13-8-9/h3,5,7,9,11-12H,2,4,6,8H2,1H3. The highest BCUT2D eigenvalue weighted by atomic mass is 32.1. The van der Waals surface area contributed by atoms with E-state index in [0.29, 0.717) is 12.0 Å². The van der Waals surface area contributed by atoms with Crippen molar-refractivity contribution in [2.75, 3.05) is 20.3 Å². The van der Waals surface area contributed by atoms with Crippen LogP contribution in [0.3, 0.4) is 0 Å². The first-order chi connectivity index (χ1) is 6.92. The molecule has 2 heterocycles. The molecule has 1 aromatic heterocycles. The molecule has 14 heavy (non-hydrogen) atoms. The minimum Gasteiger partial charge on any atom is -0.381 e.